The molecule has 0 aliphatic carbocycles. The average molecular weight is 421 g/mol. The SMILES string of the molecule is CC(NC(=O)/C=C/c1ccccc1OC(F)(F)F)c1nc(-c2ccc(F)cc2)no1. The Bertz CT molecular complexity index is 1050. The van der Waals surface area contributed by atoms with Gasteiger partial charge in [0.25, 0.3) is 0 Å². The fourth-order valence-electron chi connectivity index (χ4n) is 2.45. The van der Waals surface area contributed by atoms with E-state index >= 15 is 0 Å². The largest absolute Gasteiger partial charge is 0.573 e. The van der Waals surface area contributed by atoms with Gasteiger partial charge in [-0.2, -0.15) is 4.98 Å². The second kappa shape index (κ2) is 8.76. The van der Waals surface area contributed by atoms with Crippen LogP contribution in [0.3, 0.4) is 0 Å². The van der Waals surface area contributed by atoms with Gasteiger partial charge < -0.3 is 14.6 Å². The standard InChI is InChI=1S/C20H15F4N3O3/c1-12(19-26-18(27-30-19)14-6-9-15(21)10-7-14)25-17(28)11-8-13-4-2-3-5-16(13)29-20(22,23)24/h2-12H,1H3,(H,25,28)/b11-8+. The number of halogens is 4. The molecule has 0 aliphatic heterocycles. The second-order valence-electron chi connectivity index (χ2n) is 6.11. The number of alkyl halides is 3. The van der Waals surface area contributed by atoms with E-state index in [-0.39, 0.29) is 17.3 Å². The Balaban J connectivity index is 1.65. The predicted molar refractivity (Wildman–Crippen MR) is 98.4 cm³/mol. The van der Waals surface area contributed by atoms with Crippen molar-refractivity contribution < 1.29 is 31.6 Å². The van der Waals surface area contributed by atoms with Gasteiger partial charge in [-0.05, 0) is 43.3 Å². The van der Waals surface area contributed by atoms with Gasteiger partial charge in [-0.25, -0.2) is 4.39 Å². The van der Waals surface area contributed by atoms with Crippen molar-refractivity contribution in [1.82, 2.24) is 15.5 Å². The summed E-state index contributed by atoms with van der Waals surface area (Å²) in [4.78, 5) is 16.3. The summed E-state index contributed by atoms with van der Waals surface area (Å²) in [6, 6.07) is 10.2. The third-order valence-corrected chi connectivity index (χ3v) is 3.83. The molecule has 3 rings (SSSR count). The molecule has 0 aliphatic rings. The van der Waals surface area contributed by atoms with E-state index in [2.05, 4.69) is 20.2 Å². The summed E-state index contributed by atoms with van der Waals surface area (Å²) in [7, 11) is 0. The molecule has 10 heteroatoms. The minimum Gasteiger partial charge on any atom is -0.405 e. The molecule has 1 heterocycles. The number of benzene rings is 2. The molecule has 1 N–H and O–H groups in total. The van der Waals surface area contributed by atoms with Gasteiger partial charge in [0.1, 0.15) is 17.6 Å². The smallest absolute Gasteiger partial charge is 0.405 e. The Kier molecular flexibility index (Phi) is 6.14. The van der Waals surface area contributed by atoms with Crippen LogP contribution in [0.15, 0.2) is 59.1 Å². The Morgan fingerprint density at radius 2 is 1.87 bits per heavy atom. The van der Waals surface area contributed by atoms with Crippen LogP contribution in [0.5, 0.6) is 5.75 Å². The molecule has 3 aromatic rings. The minimum atomic E-state index is -4.85. The summed E-state index contributed by atoms with van der Waals surface area (Å²) in [5.74, 6) is -1.09. The van der Waals surface area contributed by atoms with Gasteiger partial charge in [0.15, 0.2) is 0 Å². The highest BCUT2D eigenvalue weighted by Crippen LogP contribution is 2.27. The molecule has 156 valence electrons. The number of para-hydroxylation sites is 1. The van der Waals surface area contributed by atoms with Crippen molar-refractivity contribution in [3.05, 3.63) is 71.9 Å². The molecule has 1 unspecified atom stereocenters. The summed E-state index contributed by atoms with van der Waals surface area (Å²) >= 11 is 0. The maximum absolute atomic E-state index is 13.0. The fourth-order valence-corrected chi connectivity index (χ4v) is 2.45. The minimum absolute atomic E-state index is 0.0778. The van der Waals surface area contributed by atoms with E-state index in [0.717, 1.165) is 12.1 Å². The average Bonchev–Trinajstić information content (AvgIpc) is 3.17. The number of ether oxygens (including phenoxy) is 1. The molecule has 0 bridgehead atoms. The van der Waals surface area contributed by atoms with Crippen molar-refractivity contribution in [3.63, 3.8) is 0 Å². The summed E-state index contributed by atoms with van der Waals surface area (Å²) in [5, 5.41) is 6.35. The lowest BCUT2D eigenvalue weighted by Gasteiger charge is -2.11. The van der Waals surface area contributed by atoms with Crippen molar-refractivity contribution in [2.75, 3.05) is 0 Å². The lowest BCUT2D eigenvalue weighted by molar-refractivity contribution is -0.274. The van der Waals surface area contributed by atoms with Crippen molar-refractivity contribution in [2.24, 2.45) is 0 Å². The Labute approximate surface area is 168 Å². The van der Waals surface area contributed by atoms with Gasteiger partial charge in [0.2, 0.25) is 17.6 Å². The van der Waals surface area contributed by atoms with Gasteiger partial charge in [0, 0.05) is 17.2 Å². The van der Waals surface area contributed by atoms with Crippen LogP contribution in [0.1, 0.15) is 24.4 Å². The van der Waals surface area contributed by atoms with Crippen molar-refractivity contribution in [2.45, 2.75) is 19.3 Å². The highest BCUT2D eigenvalue weighted by atomic mass is 19.4. The maximum Gasteiger partial charge on any atom is 0.573 e. The summed E-state index contributed by atoms with van der Waals surface area (Å²) in [6.45, 7) is 1.59. The molecule has 0 fully saturated rings. The van der Waals surface area contributed by atoms with Crippen LogP contribution < -0.4 is 10.1 Å². The number of hydrogen-bond acceptors (Lipinski definition) is 5. The monoisotopic (exact) mass is 421 g/mol. The quantitative estimate of drug-likeness (QED) is 0.463. The number of amides is 1. The van der Waals surface area contributed by atoms with E-state index < -0.39 is 29.9 Å². The van der Waals surface area contributed by atoms with E-state index in [0.29, 0.717) is 5.56 Å². The number of aromatic nitrogens is 2. The topological polar surface area (TPSA) is 77.2 Å². The van der Waals surface area contributed by atoms with Crippen molar-refractivity contribution in [3.8, 4) is 17.1 Å². The van der Waals surface area contributed by atoms with Gasteiger partial charge in [0.05, 0.1) is 0 Å². The number of nitrogens with one attached hydrogen (secondary N) is 1. The molecule has 1 amide bonds. The molecule has 30 heavy (non-hydrogen) atoms. The number of carbonyl (C=O) groups is 1. The van der Waals surface area contributed by atoms with Crippen molar-refractivity contribution >= 4 is 12.0 Å². The van der Waals surface area contributed by atoms with Crippen LogP contribution in [-0.2, 0) is 4.79 Å². The molecule has 0 saturated carbocycles. The molecule has 1 atom stereocenters. The van der Waals surface area contributed by atoms with E-state index in [1.54, 1.807) is 6.92 Å². The lowest BCUT2D eigenvalue weighted by atomic mass is 10.2. The predicted octanol–water partition coefficient (Wildman–Crippen LogP) is 4.66. The van der Waals surface area contributed by atoms with E-state index in [1.807, 2.05) is 0 Å². The van der Waals surface area contributed by atoms with Crippen LogP contribution in [-0.4, -0.2) is 22.4 Å². The zero-order valence-electron chi connectivity index (χ0n) is 15.5. The highest BCUT2D eigenvalue weighted by Gasteiger charge is 2.31. The van der Waals surface area contributed by atoms with Gasteiger partial charge in [-0.1, -0.05) is 23.4 Å². The van der Waals surface area contributed by atoms with Crippen LogP contribution in [0, 0.1) is 5.82 Å². The Morgan fingerprint density at radius 3 is 2.57 bits per heavy atom. The third-order valence-electron chi connectivity index (χ3n) is 3.83. The van der Waals surface area contributed by atoms with Gasteiger partial charge in [-0.15, -0.1) is 13.2 Å². The molecule has 6 nitrogen and oxygen atoms in total. The van der Waals surface area contributed by atoms with Crippen LogP contribution in [0.25, 0.3) is 17.5 Å². The lowest BCUT2D eigenvalue weighted by Crippen LogP contribution is -2.24. The summed E-state index contributed by atoms with van der Waals surface area (Å²) < 4.78 is 59.4. The highest BCUT2D eigenvalue weighted by molar-refractivity contribution is 5.92. The Morgan fingerprint density at radius 1 is 1.17 bits per heavy atom. The van der Waals surface area contributed by atoms with Crippen LogP contribution >= 0.6 is 0 Å². The molecule has 0 spiro atoms. The maximum atomic E-state index is 13.0. The second-order valence-corrected chi connectivity index (χ2v) is 6.11. The molecule has 0 saturated heterocycles. The van der Waals surface area contributed by atoms with E-state index in [9.17, 15) is 22.4 Å². The summed E-state index contributed by atoms with van der Waals surface area (Å²) in [6.07, 6.45) is -2.59. The van der Waals surface area contributed by atoms with Crippen LogP contribution in [0.2, 0.25) is 0 Å². The zero-order chi connectivity index (χ0) is 21.7. The summed E-state index contributed by atoms with van der Waals surface area (Å²) in [5.41, 5.74) is 0.611. The Hall–Kier alpha value is -3.69. The van der Waals surface area contributed by atoms with Crippen molar-refractivity contribution in [1.29, 1.82) is 0 Å². The first-order valence-corrected chi connectivity index (χ1v) is 8.64. The number of carbonyl (C=O) groups excluding carboxylic acids is 1. The van der Waals surface area contributed by atoms with E-state index in [4.69, 9.17) is 4.52 Å². The molecular formula is C20H15F4N3O3. The molecule has 1 aromatic heterocycles. The normalized spacial score (nSPS) is 12.7. The van der Waals surface area contributed by atoms with Gasteiger partial charge in [-0.3, -0.25) is 4.79 Å². The molecule has 0 radical (unpaired) electrons. The van der Waals surface area contributed by atoms with Gasteiger partial charge >= 0.3 is 6.36 Å². The number of hydrogen-bond donors (Lipinski definition) is 1. The zero-order valence-corrected chi connectivity index (χ0v) is 15.5. The number of nitrogens with zero attached hydrogens (tertiary/aromatic N) is 2. The molecule has 2 aromatic carbocycles. The van der Waals surface area contributed by atoms with Crippen LogP contribution in [0.4, 0.5) is 17.6 Å². The van der Waals surface area contributed by atoms with E-state index in [1.165, 1.54) is 48.5 Å². The first kappa shape index (κ1) is 21.0. The third kappa shape index (κ3) is 5.66. The molecular weight excluding hydrogens is 406 g/mol. The first-order valence-electron chi connectivity index (χ1n) is 8.64. The number of rotatable bonds is 6. The fraction of sp³-hybridized carbons (Fsp3) is 0.150. The first-order chi connectivity index (χ1) is 14.2.